The quantitative estimate of drug-likeness (QED) is 0.217. The fraction of sp³-hybridized carbons (Fsp3) is 0.500. The SMILES string of the molecule is [B]C1C=CC(/C=C/P(O)O)CC1OO. The topological polar surface area (TPSA) is 69.9 Å². The Hall–Kier alpha value is -0.185. The fourth-order valence-corrected chi connectivity index (χ4v) is 1.72. The van der Waals surface area contributed by atoms with E-state index in [9.17, 15) is 0 Å². The minimum absolute atomic E-state index is 0.0243. The number of rotatable bonds is 3. The minimum atomic E-state index is -2.00. The maximum atomic E-state index is 8.66. The van der Waals surface area contributed by atoms with Gasteiger partial charge in [-0.05, 0) is 24.0 Å². The smallest absolute Gasteiger partial charge is 0.191 e. The summed E-state index contributed by atoms with van der Waals surface area (Å²) in [5.41, 5.74) is 0. The largest absolute Gasteiger partial charge is 0.347 e. The second-order valence-corrected chi connectivity index (χ2v) is 4.11. The van der Waals surface area contributed by atoms with Gasteiger partial charge in [-0.25, -0.2) is 4.89 Å². The maximum Gasteiger partial charge on any atom is 0.191 e. The van der Waals surface area contributed by atoms with Gasteiger partial charge < -0.3 is 9.79 Å². The van der Waals surface area contributed by atoms with E-state index in [2.05, 4.69) is 4.89 Å². The molecule has 3 N–H and O–H groups in total. The number of allylic oxidation sites excluding steroid dienone is 2. The van der Waals surface area contributed by atoms with Crippen LogP contribution in [-0.2, 0) is 4.89 Å². The molecule has 0 aromatic heterocycles. The van der Waals surface area contributed by atoms with Crippen LogP contribution in [0.2, 0.25) is 5.82 Å². The van der Waals surface area contributed by atoms with Crippen molar-refractivity contribution in [3.63, 3.8) is 0 Å². The second kappa shape index (κ2) is 5.64. The third kappa shape index (κ3) is 3.52. The standard InChI is InChI=1S/C8H12BO4P/c9-7-2-1-6(3-4-14(11)12)5-8(7)13-10/h1-4,6-8,10-12H,5H2/b4-3+. The van der Waals surface area contributed by atoms with Crippen LogP contribution in [0.25, 0.3) is 0 Å². The molecule has 6 heteroatoms. The van der Waals surface area contributed by atoms with E-state index in [1.54, 1.807) is 12.2 Å². The van der Waals surface area contributed by atoms with Gasteiger partial charge >= 0.3 is 0 Å². The monoisotopic (exact) mass is 214 g/mol. The summed E-state index contributed by atoms with van der Waals surface area (Å²) in [6.45, 7) is 0. The highest BCUT2D eigenvalue weighted by Gasteiger charge is 2.22. The Kier molecular flexibility index (Phi) is 4.79. The summed E-state index contributed by atoms with van der Waals surface area (Å²) in [5, 5.41) is 8.52. The Morgan fingerprint density at radius 2 is 2.14 bits per heavy atom. The van der Waals surface area contributed by atoms with Crippen molar-refractivity contribution in [3.8, 4) is 0 Å². The van der Waals surface area contributed by atoms with E-state index in [0.29, 0.717) is 6.42 Å². The molecule has 0 spiro atoms. The van der Waals surface area contributed by atoms with Gasteiger partial charge in [0.05, 0.1) is 14.0 Å². The molecule has 3 atom stereocenters. The van der Waals surface area contributed by atoms with Gasteiger partial charge in [-0.2, -0.15) is 0 Å². The highest BCUT2D eigenvalue weighted by Crippen LogP contribution is 2.31. The third-order valence-corrected chi connectivity index (χ3v) is 2.56. The lowest BCUT2D eigenvalue weighted by Crippen LogP contribution is -2.23. The molecule has 14 heavy (non-hydrogen) atoms. The second-order valence-electron chi connectivity index (χ2n) is 3.17. The summed E-state index contributed by atoms with van der Waals surface area (Å²) in [7, 11) is 3.61. The van der Waals surface area contributed by atoms with Crippen LogP contribution in [0.5, 0.6) is 0 Å². The number of hydrogen-bond acceptors (Lipinski definition) is 4. The summed E-state index contributed by atoms with van der Waals surface area (Å²) in [6.07, 6.45) is 5.36. The van der Waals surface area contributed by atoms with Crippen molar-refractivity contribution in [1.29, 1.82) is 0 Å². The molecule has 0 aliphatic heterocycles. The molecule has 0 fully saturated rings. The van der Waals surface area contributed by atoms with E-state index in [4.69, 9.17) is 22.9 Å². The van der Waals surface area contributed by atoms with Gasteiger partial charge in [0.25, 0.3) is 0 Å². The lowest BCUT2D eigenvalue weighted by molar-refractivity contribution is -0.280. The molecule has 0 aromatic rings. The first-order valence-electron chi connectivity index (χ1n) is 4.23. The van der Waals surface area contributed by atoms with Crippen molar-refractivity contribution >= 4 is 16.2 Å². The van der Waals surface area contributed by atoms with Gasteiger partial charge in [0.15, 0.2) is 8.38 Å². The van der Waals surface area contributed by atoms with Crippen molar-refractivity contribution in [1.82, 2.24) is 0 Å². The van der Waals surface area contributed by atoms with Crippen LogP contribution < -0.4 is 0 Å². The van der Waals surface area contributed by atoms with E-state index in [1.165, 1.54) is 5.82 Å². The van der Waals surface area contributed by atoms with Gasteiger partial charge in [-0.1, -0.05) is 18.2 Å². The summed E-state index contributed by atoms with van der Waals surface area (Å²) >= 11 is 0. The summed E-state index contributed by atoms with van der Waals surface area (Å²) in [6, 6.07) is 0. The van der Waals surface area contributed by atoms with Gasteiger partial charge in [0, 0.05) is 0 Å². The van der Waals surface area contributed by atoms with Crippen molar-refractivity contribution in [2.24, 2.45) is 5.92 Å². The molecular formula is C8H12BO4P. The first-order valence-corrected chi connectivity index (χ1v) is 5.54. The predicted molar refractivity (Wildman–Crippen MR) is 54.8 cm³/mol. The normalized spacial score (nSPS) is 33.0. The van der Waals surface area contributed by atoms with Crippen LogP contribution in [0.3, 0.4) is 0 Å². The van der Waals surface area contributed by atoms with Crippen molar-refractivity contribution in [3.05, 3.63) is 24.0 Å². The molecule has 76 valence electrons. The van der Waals surface area contributed by atoms with Crippen LogP contribution in [0, 0.1) is 5.92 Å². The Morgan fingerprint density at radius 1 is 1.43 bits per heavy atom. The van der Waals surface area contributed by atoms with E-state index in [1.807, 2.05) is 6.08 Å². The van der Waals surface area contributed by atoms with Gasteiger partial charge in [-0.3, -0.25) is 5.26 Å². The van der Waals surface area contributed by atoms with Crippen LogP contribution >= 0.6 is 8.38 Å². The zero-order valence-electron chi connectivity index (χ0n) is 7.52. The molecule has 0 saturated carbocycles. The van der Waals surface area contributed by atoms with Gasteiger partial charge in [-0.15, -0.1) is 0 Å². The molecule has 0 saturated heterocycles. The molecule has 1 rings (SSSR count). The Balaban J connectivity index is 2.53. The average Bonchev–Trinajstić information content (AvgIpc) is 2.16. The zero-order valence-corrected chi connectivity index (χ0v) is 8.42. The van der Waals surface area contributed by atoms with Crippen LogP contribution in [0.1, 0.15) is 6.42 Å². The lowest BCUT2D eigenvalue weighted by atomic mass is 9.75. The van der Waals surface area contributed by atoms with E-state index < -0.39 is 14.5 Å². The summed E-state index contributed by atoms with van der Waals surface area (Å²) in [5.74, 6) is 1.04. The molecule has 4 nitrogen and oxygen atoms in total. The molecule has 0 amide bonds. The molecule has 2 radical (unpaired) electrons. The first-order chi connectivity index (χ1) is 6.63. The van der Waals surface area contributed by atoms with E-state index >= 15 is 0 Å². The Bertz CT molecular complexity index is 231. The Labute approximate surface area is 85.2 Å². The molecule has 1 aliphatic rings. The van der Waals surface area contributed by atoms with Gasteiger partial charge in [0.2, 0.25) is 0 Å². The highest BCUT2D eigenvalue weighted by molar-refractivity contribution is 7.48. The lowest BCUT2D eigenvalue weighted by Gasteiger charge is -2.25. The molecule has 1 aliphatic carbocycles. The minimum Gasteiger partial charge on any atom is -0.347 e. The molecule has 0 aromatic carbocycles. The van der Waals surface area contributed by atoms with Gasteiger partial charge in [0.1, 0.15) is 0 Å². The maximum absolute atomic E-state index is 8.66. The predicted octanol–water partition coefficient (Wildman–Crippen LogP) is 1.19. The highest BCUT2D eigenvalue weighted by atomic mass is 31.2. The number of hydrogen-bond donors (Lipinski definition) is 3. The van der Waals surface area contributed by atoms with Crippen molar-refractivity contribution < 1.29 is 19.9 Å². The van der Waals surface area contributed by atoms with Crippen LogP contribution in [0.15, 0.2) is 24.0 Å². The first kappa shape index (κ1) is 11.9. The molecule has 0 heterocycles. The van der Waals surface area contributed by atoms with E-state index in [-0.39, 0.29) is 11.7 Å². The fourth-order valence-electron chi connectivity index (χ4n) is 1.34. The molecule has 0 bridgehead atoms. The van der Waals surface area contributed by atoms with Crippen LogP contribution in [0.4, 0.5) is 0 Å². The third-order valence-electron chi connectivity index (χ3n) is 2.12. The molecular weight excluding hydrogens is 202 g/mol. The average molecular weight is 214 g/mol. The van der Waals surface area contributed by atoms with Crippen molar-refractivity contribution in [2.75, 3.05) is 0 Å². The summed E-state index contributed by atoms with van der Waals surface area (Å²) in [4.78, 5) is 21.5. The van der Waals surface area contributed by atoms with Crippen LogP contribution in [-0.4, -0.2) is 29.0 Å². The Morgan fingerprint density at radius 3 is 2.71 bits per heavy atom. The van der Waals surface area contributed by atoms with Crippen molar-refractivity contribution in [2.45, 2.75) is 18.3 Å². The summed E-state index contributed by atoms with van der Waals surface area (Å²) < 4.78 is 0. The molecule has 3 unspecified atom stereocenters. The zero-order chi connectivity index (χ0) is 10.6. The van der Waals surface area contributed by atoms with E-state index in [0.717, 1.165) is 0 Å².